The van der Waals surface area contributed by atoms with Crippen molar-refractivity contribution in [1.82, 2.24) is 14.7 Å². The molecule has 0 saturated heterocycles. The number of halogens is 2. The molecule has 1 amide bonds. The molecule has 1 saturated carbocycles. The molecule has 0 unspecified atom stereocenters. The summed E-state index contributed by atoms with van der Waals surface area (Å²) in [5, 5.41) is 14.0. The highest BCUT2D eigenvalue weighted by atomic mass is 127. The number of aromatic nitrogens is 2. The van der Waals surface area contributed by atoms with Gasteiger partial charge < -0.3 is 5.11 Å². The maximum absolute atomic E-state index is 13.5. The Kier molecular flexibility index (Phi) is 2.97. The minimum Gasteiger partial charge on any atom is -0.465 e. The van der Waals surface area contributed by atoms with E-state index in [1.54, 1.807) is 6.07 Å². The van der Waals surface area contributed by atoms with Crippen molar-refractivity contribution in [3.05, 3.63) is 39.3 Å². The average molecular weight is 413 g/mol. The van der Waals surface area contributed by atoms with Gasteiger partial charge in [0.05, 0.1) is 21.3 Å². The molecule has 1 aromatic heterocycles. The van der Waals surface area contributed by atoms with E-state index in [0.717, 1.165) is 33.4 Å². The largest absolute Gasteiger partial charge is 0.465 e. The van der Waals surface area contributed by atoms with E-state index >= 15 is 0 Å². The van der Waals surface area contributed by atoms with Gasteiger partial charge >= 0.3 is 6.09 Å². The predicted octanol–water partition coefficient (Wildman–Crippen LogP) is 3.28. The summed E-state index contributed by atoms with van der Waals surface area (Å²) in [7, 11) is 0. The highest BCUT2D eigenvalue weighted by Crippen LogP contribution is 2.48. The molecule has 1 spiro atoms. The van der Waals surface area contributed by atoms with Gasteiger partial charge in [0, 0.05) is 12.1 Å². The van der Waals surface area contributed by atoms with Gasteiger partial charge in [-0.1, -0.05) is 12.1 Å². The van der Waals surface area contributed by atoms with Gasteiger partial charge in [0.1, 0.15) is 11.5 Å². The topological polar surface area (TPSA) is 58.4 Å². The van der Waals surface area contributed by atoms with Gasteiger partial charge in [-0.2, -0.15) is 5.10 Å². The van der Waals surface area contributed by atoms with Crippen LogP contribution in [0.15, 0.2) is 24.3 Å². The van der Waals surface area contributed by atoms with Crippen LogP contribution in [0.25, 0.3) is 11.3 Å². The zero-order valence-corrected chi connectivity index (χ0v) is 13.7. The Balaban J connectivity index is 1.84. The van der Waals surface area contributed by atoms with E-state index in [2.05, 4.69) is 22.6 Å². The molecule has 2 heterocycles. The Morgan fingerprint density at radius 3 is 2.82 bits per heavy atom. The first-order valence-corrected chi connectivity index (χ1v) is 8.10. The van der Waals surface area contributed by atoms with Crippen LogP contribution in [0.4, 0.5) is 9.18 Å². The molecule has 114 valence electrons. The molecular weight excluding hydrogens is 400 g/mol. The lowest BCUT2D eigenvalue weighted by Crippen LogP contribution is -2.45. The van der Waals surface area contributed by atoms with Gasteiger partial charge in [-0.3, -0.25) is 9.58 Å². The van der Waals surface area contributed by atoms with Crippen LogP contribution in [0.1, 0.15) is 18.5 Å². The lowest BCUT2D eigenvalue weighted by atomic mass is 10.1. The summed E-state index contributed by atoms with van der Waals surface area (Å²) in [6.45, 7) is 0.813. The summed E-state index contributed by atoms with van der Waals surface area (Å²) in [6.07, 6.45) is 0.968. The predicted molar refractivity (Wildman–Crippen MR) is 86.0 cm³/mol. The van der Waals surface area contributed by atoms with Gasteiger partial charge in [-0.05, 0) is 47.6 Å². The fourth-order valence-electron chi connectivity index (χ4n) is 3.09. The van der Waals surface area contributed by atoms with Crippen LogP contribution in [0.3, 0.4) is 0 Å². The van der Waals surface area contributed by atoms with Crippen LogP contribution in [-0.4, -0.2) is 32.4 Å². The zero-order chi connectivity index (χ0) is 15.5. The third-order valence-electron chi connectivity index (χ3n) is 4.39. The first-order chi connectivity index (χ1) is 10.5. The number of amides is 1. The zero-order valence-electron chi connectivity index (χ0n) is 11.6. The van der Waals surface area contributed by atoms with Gasteiger partial charge in [0.25, 0.3) is 0 Å². The van der Waals surface area contributed by atoms with Crippen molar-refractivity contribution in [3.8, 4) is 11.3 Å². The van der Waals surface area contributed by atoms with E-state index in [0.29, 0.717) is 13.1 Å². The molecule has 4 rings (SSSR count). The molecule has 1 N–H and O–H groups in total. The normalized spacial score (nSPS) is 18.4. The number of hydrogen-bond donors (Lipinski definition) is 1. The van der Waals surface area contributed by atoms with E-state index in [9.17, 15) is 14.3 Å². The summed E-state index contributed by atoms with van der Waals surface area (Å²) in [6, 6.07) is 6.36. The maximum atomic E-state index is 13.5. The number of fused-ring (bicyclic) bond motifs is 2. The van der Waals surface area contributed by atoms with Crippen LogP contribution in [0.5, 0.6) is 0 Å². The molecule has 7 heteroatoms. The quantitative estimate of drug-likeness (QED) is 0.731. The van der Waals surface area contributed by atoms with Crippen LogP contribution < -0.4 is 0 Å². The first kappa shape index (κ1) is 14.0. The Hall–Kier alpha value is -1.64. The second-order valence-electron chi connectivity index (χ2n) is 5.89. The maximum Gasteiger partial charge on any atom is 0.407 e. The van der Waals surface area contributed by atoms with Gasteiger partial charge in [-0.25, -0.2) is 9.18 Å². The Labute approximate surface area is 139 Å². The molecule has 1 aliphatic carbocycles. The molecule has 5 nitrogen and oxygen atoms in total. The third kappa shape index (κ3) is 2.02. The molecule has 1 fully saturated rings. The lowest BCUT2D eigenvalue weighted by molar-refractivity contribution is 0.114. The van der Waals surface area contributed by atoms with Crippen molar-refractivity contribution in [3.63, 3.8) is 0 Å². The van der Waals surface area contributed by atoms with Gasteiger partial charge in [0.15, 0.2) is 0 Å². The minimum absolute atomic E-state index is 0.197. The molecule has 1 aliphatic heterocycles. The average Bonchev–Trinajstić information content (AvgIpc) is 3.16. The third-order valence-corrected chi connectivity index (χ3v) is 5.52. The molecular formula is C15H13FIN3O2. The molecule has 0 radical (unpaired) electrons. The minimum atomic E-state index is -0.901. The Morgan fingerprint density at radius 1 is 1.41 bits per heavy atom. The fraction of sp³-hybridized carbons (Fsp3) is 0.333. The highest BCUT2D eigenvalue weighted by Gasteiger charge is 2.52. The second-order valence-corrected chi connectivity index (χ2v) is 6.97. The van der Waals surface area contributed by atoms with E-state index in [4.69, 9.17) is 5.10 Å². The van der Waals surface area contributed by atoms with E-state index in [1.807, 2.05) is 10.7 Å². The number of rotatable bonds is 1. The Bertz CT molecular complexity index is 785. The van der Waals surface area contributed by atoms with Crippen LogP contribution >= 0.6 is 22.6 Å². The van der Waals surface area contributed by atoms with E-state index < -0.39 is 6.09 Å². The molecule has 0 atom stereocenters. The van der Waals surface area contributed by atoms with Gasteiger partial charge in [-0.15, -0.1) is 0 Å². The van der Waals surface area contributed by atoms with Gasteiger partial charge in [0.2, 0.25) is 0 Å². The lowest BCUT2D eigenvalue weighted by Gasteiger charge is -2.32. The van der Waals surface area contributed by atoms with Crippen molar-refractivity contribution in [2.75, 3.05) is 6.54 Å². The van der Waals surface area contributed by atoms with Crippen molar-refractivity contribution in [2.45, 2.75) is 24.9 Å². The smallest absolute Gasteiger partial charge is 0.407 e. The van der Waals surface area contributed by atoms with Crippen LogP contribution in [-0.2, 0) is 12.1 Å². The summed E-state index contributed by atoms with van der Waals surface area (Å²) in [5.41, 5.74) is 2.17. The Morgan fingerprint density at radius 2 is 2.18 bits per heavy atom. The SMILES string of the molecule is O=C(O)N1Cc2c(I)c(-c3cccc(F)c3)nn2C2(CC2)C1. The van der Waals surface area contributed by atoms with Crippen molar-refractivity contribution < 1.29 is 14.3 Å². The molecule has 2 aliphatic rings. The molecule has 1 aromatic carbocycles. The van der Waals surface area contributed by atoms with Crippen molar-refractivity contribution in [1.29, 1.82) is 0 Å². The standard InChI is InChI=1S/C15H13FIN3O2/c16-10-3-1-2-9(6-10)13-12(17)11-7-19(14(21)22)8-15(4-5-15)20(11)18-13/h1-3,6H,4-5,7-8H2,(H,21,22). The van der Waals surface area contributed by atoms with E-state index in [-0.39, 0.29) is 11.4 Å². The van der Waals surface area contributed by atoms with Crippen LogP contribution in [0, 0.1) is 9.39 Å². The number of benzene rings is 1. The first-order valence-electron chi connectivity index (χ1n) is 7.02. The molecule has 0 bridgehead atoms. The summed E-state index contributed by atoms with van der Waals surface area (Å²) >= 11 is 2.19. The highest BCUT2D eigenvalue weighted by molar-refractivity contribution is 14.1. The monoisotopic (exact) mass is 413 g/mol. The van der Waals surface area contributed by atoms with Crippen LogP contribution in [0.2, 0.25) is 0 Å². The van der Waals surface area contributed by atoms with Crippen molar-refractivity contribution >= 4 is 28.7 Å². The summed E-state index contributed by atoms with van der Waals surface area (Å²) < 4.78 is 16.4. The second kappa shape index (κ2) is 4.68. The number of hydrogen-bond acceptors (Lipinski definition) is 2. The summed E-state index contributed by atoms with van der Waals surface area (Å²) in [5.74, 6) is -0.299. The van der Waals surface area contributed by atoms with E-state index in [1.165, 1.54) is 17.0 Å². The molecule has 22 heavy (non-hydrogen) atoms. The number of nitrogens with zero attached hydrogens (tertiary/aromatic N) is 3. The summed E-state index contributed by atoms with van der Waals surface area (Å²) in [4.78, 5) is 12.8. The molecule has 2 aromatic rings. The number of carboxylic acid groups (broad SMARTS) is 1. The fourth-order valence-corrected chi connectivity index (χ4v) is 3.91. The number of carbonyl (C=O) groups is 1. The van der Waals surface area contributed by atoms with Crippen molar-refractivity contribution in [2.24, 2.45) is 0 Å².